The van der Waals surface area contributed by atoms with Crippen molar-refractivity contribution in [3.05, 3.63) is 28.8 Å². The molecule has 3 rings (SSSR count). The maximum absolute atomic E-state index is 12.2. The Morgan fingerprint density at radius 1 is 1.20 bits per heavy atom. The lowest BCUT2D eigenvalue weighted by Gasteiger charge is -2.28. The van der Waals surface area contributed by atoms with E-state index in [1.807, 2.05) is 19.9 Å². The lowest BCUT2D eigenvalue weighted by atomic mass is 9.98. The first-order valence-corrected chi connectivity index (χ1v) is 7.13. The Morgan fingerprint density at radius 2 is 1.90 bits per heavy atom. The third kappa shape index (κ3) is 2.04. The molecule has 0 atom stereocenters. The minimum absolute atomic E-state index is 0.366. The van der Waals surface area contributed by atoms with E-state index in [4.69, 9.17) is 4.74 Å². The van der Waals surface area contributed by atoms with Crippen LogP contribution in [0.15, 0.2) is 12.1 Å². The maximum Gasteiger partial charge on any atom is 0.299 e. The van der Waals surface area contributed by atoms with E-state index >= 15 is 0 Å². The van der Waals surface area contributed by atoms with Crippen LogP contribution in [0.1, 0.15) is 34.3 Å². The highest BCUT2D eigenvalue weighted by Crippen LogP contribution is 2.35. The minimum atomic E-state index is -0.375. The number of nitrogens with zero attached hydrogens (tertiary/aromatic N) is 1. The van der Waals surface area contributed by atoms with Crippen molar-refractivity contribution >= 4 is 17.4 Å². The number of carbonyl (C=O) groups excluding carboxylic acids is 2. The molecule has 106 valence electrons. The molecule has 1 aromatic carbocycles. The summed E-state index contributed by atoms with van der Waals surface area (Å²) in [4.78, 5) is 26.0. The van der Waals surface area contributed by atoms with E-state index in [0.29, 0.717) is 18.0 Å². The minimum Gasteiger partial charge on any atom is -0.381 e. The Bertz CT molecular complexity index is 573. The maximum atomic E-state index is 12.2. The second-order valence-electron chi connectivity index (χ2n) is 5.70. The van der Waals surface area contributed by atoms with Crippen molar-refractivity contribution in [1.29, 1.82) is 0 Å². The van der Waals surface area contributed by atoms with E-state index < -0.39 is 0 Å². The van der Waals surface area contributed by atoms with Crippen LogP contribution >= 0.6 is 0 Å². The van der Waals surface area contributed by atoms with Crippen LogP contribution in [0.3, 0.4) is 0 Å². The lowest BCUT2D eigenvalue weighted by molar-refractivity contribution is -0.114. The first-order chi connectivity index (χ1) is 9.59. The molecule has 1 amide bonds. The van der Waals surface area contributed by atoms with Crippen LogP contribution in [0.4, 0.5) is 5.69 Å². The fraction of sp³-hybridized carbons (Fsp3) is 0.500. The second kappa shape index (κ2) is 5.02. The van der Waals surface area contributed by atoms with E-state index in [0.717, 1.165) is 42.9 Å². The molecule has 0 N–H and O–H groups in total. The topological polar surface area (TPSA) is 46.6 Å². The predicted octanol–water partition coefficient (Wildman–Crippen LogP) is 2.26. The molecule has 2 heterocycles. The first-order valence-electron chi connectivity index (χ1n) is 7.13. The summed E-state index contributed by atoms with van der Waals surface area (Å²) in [6.45, 7) is 6.12. The highest BCUT2D eigenvalue weighted by Gasteiger charge is 2.38. The molecule has 0 saturated carbocycles. The van der Waals surface area contributed by atoms with Gasteiger partial charge in [0, 0.05) is 19.8 Å². The summed E-state index contributed by atoms with van der Waals surface area (Å²) in [5.74, 6) is -0.318. The Morgan fingerprint density at radius 3 is 2.60 bits per heavy atom. The number of rotatable bonds is 2. The molecule has 20 heavy (non-hydrogen) atoms. The summed E-state index contributed by atoms with van der Waals surface area (Å²) in [6.07, 6.45) is 1.91. The molecule has 0 unspecified atom stereocenters. The number of Topliss-reactive ketones (excluding diaryl/α,β-unsaturated/α-hetero) is 1. The van der Waals surface area contributed by atoms with Crippen molar-refractivity contribution in [2.45, 2.75) is 26.7 Å². The zero-order valence-corrected chi connectivity index (χ0v) is 11.9. The van der Waals surface area contributed by atoms with Gasteiger partial charge in [-0.3, -0.25) is 9.59 Å². The van der Waals surface area contributed by atoms with Crippen LogP contribution in [0, 0.1) is 19.8 Å². The van der Waals surface area contributed by atoms with Crippen molar-refractivity contribution in [1.82, 2.24) is 0 Å². The van der Waals surface area contributed by atoms with Crippen molar-refractivity contribution in [2.24, 2.45) is 5.92 Å². The number of aryl methyl sites for hydroxylation is 1. The van der Waals surface area contributed by atoms with Gasteiger partial charge in [0.2, 0.25) is 0 Å². The fourth-order valence-electron chi connectivity index (χ4n) is 3.03. The molecule has 4 nitrogen and oxygen atoms in total. The summed E-state index contributed by atoms with van der Waals surface area (Å²) < 4.78 is 5.35. The van der Waals surface area contributed by atoms with Crippen molar-refractivity contribution in [3.8, 4) is 0 Å². The smallest absolute Gasteiger partial charge is 0.299 e. The van der Waals surface area contributed by atoms with Gasteiger partial charge in [0.25, 0.3) is 11.7 Å². The number of hydrogen-bond acceptors (Lipinski definition) is 3. The number of hydrogen-bond donors (Lipinski definition) is 0. The molecule has 1 aromatic rings. The van der Waals surface area contributed by atoms with E-state index in [9.17, 15) is 9.59 Å². The summed E-state index contributed by atoms with van der Waals surface area (Å²) >= 11 is 0. The third-order valence-electron chi connectivity index (χ3n) is 4.44. The van der Waals surface area contributed by atoms with Crippen LogP contribution in [0.25, 0.3) is 0 Å². The number of fused-ring (bicyclic) bond motifs is 1. The van der Waals surface area contributed by atoms with E-state index in [1.54, 1.807) is 11.0 Å². The molecule has 0 aliphatic carbocycles. The normalized spacial score (nSPS) is 19.6. The largest absolute Gasteiger partial charge is 0.381 e. The Hall–Kier alpha value is -1.68. The number of ether oxygens (including phenoxy) is 1. The first kappa shape index (κ1) is 13.3. The average Bonchev–Trinajstić information content (AvgIpc) is 2.70. The number of carbonyl (C=O) groups is 2. The highest BCUT2D eigenvalue weighted by molar-refractivity contribution is 6.52. The van der Waals surface area contributed by atoms with Gasteiger partial charge < -0.3 is 9.64 Å². The van der Waals surface area contributed by atoms with Crippen LogP contribution in [0.2, 0.25) is 0 Å². The number of ketones is 1. The van der Waals surface area contributed by atoms with Gasteiger partial charge >= 0.3 is 0 Å². The molecule has 2 aliphatic heterocycles. The van der Waals surface area contributed by atoms with E-state index in [2.05, 4.69) is 0 Å². The molecular weight excluding hydrogens is 254 g/mol. The van der Waals surface area contributed by atoms with Gasteiger partial charge in [-0.1, -0.05) is 6.07 Å². The van der Waals surface area contributed by atoms with Gasteiger partial charge in [-0.05, 0) is 49.8 Å². The molecular formula is C16H19NO3. The summed E-state index contributed by atoms with van der Waals surface area (Å²) in [6, 6.07) is 3.69. The Labute approximate surface area is 118 Å². The zero-order chi connectivity index (χ0) is 14.3. The molecule has 0 spiro atoms. The number of benzene rings is 1. The summed E-state index contributed by atoms with van der Waals surface area (Å²) in [5, 5.41) is 0. The zero-order valence-electron chi connectivity index (χ0n) is 11.9. The van der Waals surface area contributed by atoms with Gasteiger partial charge in [-0.25, -0.2) is 0 Å². The lowest BCUT2D eigenvalue weighted by Crippen LogP contribution is -2.36. The molecule has 1 saturated heterocycles. The Balaban J connectivity index is 1.94. The number of amides is 1. The third-order valence-corrected chi connectivity index (χ3v) is 4.44. The predicted molar refractivity (Wildman–Crippen MR) is 76.1 cm³/mol. The molecule has 0 aromatic heterocycles. The monoisotopic (exact) mass is 273 g/mol. The standard InChI is InChI=1S/C16H19NO3/c1-10-3-4-13-14(11(10)2)17(16(19)15(13)18)9-12-5-7-20-8-6-12/h3-4,12H,5-9H2,1-2H3. The van der Waals surface area contributed by atoms with E-state index in [1.165, 1.54) is 0 Å². The second-order valence-corrected chi connectivity index (χ2v) is 5.70. The van der Waals surface area contributed by atoms with Crippen LogP contribution in [-0.2, 0) is 9.53 Å². The average molecular weight is 273 g/mol. The quantitative estimate of drug-likeness (QED) is 0.776. The van der Waals surface area contributed by atoms with Gasteiger partial charge in [0.1, 0.15) is 0 Å². The van der Waals surface area contributed by atoms with Crippen LogP contribution in [-0.4, -0.2) is 31.4 Å². The van der Waals surface area contributed by atoms with Crippen molar-refractivity contribution in [2.75, 3.05) is 24.7 Å². The van der Waals surface area contributed by atoms with Gasteiger partial charge in [-0.15, -0.1) is 0 Å². The summed E-state index contributed by atoms with van der Waals surface area (Å²) in [7, 11) is 0. The number of anilines is 1. The van der Waals surface area contributed by atoms with Crippen LogP contribution < -0.4 is 4.90 Å². The molecule has 0 radical (unpaired) electrons. The molecule has 1 fully saturated rings. The van der Waals surface area contributed by atoms with Gasteiger partial charge in [0.05, 0.1) is 11.3 Å². The van der Waals surface area contributed by atoms with Crippen molar-refractivity contribution < 1.29 is 14.3 Å². The van der Waals surface area contributed by atoms with Crippen LogP contribution in [0.5, 0.6) is 0 Å². The van der Waals surface area contributed by atoms with E-state index in [-0.39, 0.29) is 11.7 Å². The fourth-order valence-corrected chi connectivity index (χ4v) is 3.03. The highest BCUT2D eigenvalue weighted by atomic mass is 16.5. The van der Waals surface area contributed by atoms with Crippen molar-refractivity contribution in [3.63, 3.8) is 0 Å². The molecule has 4 heteroatoms. The van der Waals surface area contributed by atoms with Gasteiger partial charge in [-0.2, -0.15) is 0 Å². The SMILES string of the molecule is Cc1ccc2c(c1C)N(CC1CCOCC1)C(=O)C2=O. The summed E-state index contributed by atoms with van der Waals surface area (Å²) in [5.41, 5.74) is 3.54. The van der Waals surface area contributed by atoms with Gasteiger partial charge in [0.15, 0.2) is 0 Å². The molecule has 0 bridgehead atoms. The Kier molecular flexibility index (Phi) is 3.34. The molecule has 2 aliphatic rings.